The van der Waals surface area contributed by atoms with Gasteiger partial charge >= 0.3 is 0 Å². The molecule has 3 atom stereocenters. The van der Waals surface area contributed by atoms with E-state index < -0.39 is 0 Å². The van der Waals surface area contributed by atoms with Crippen LogP contribution in [0.4, 0.5) is 0 Å². The van der Waals surface area contributed by atoms with E-state index >= 15 is 0 Å². The quantitative estimate of drug-likeness (QED) is 0.839. The predicted octanol–water partition coefficient (Wildman–Crippen LogP) is 2.65. The molecule has 4 heteroatoms. The summed E-state index contributed by atoms with van der Waals surface area (Å²) >= 11 is 0. The van der Waals surface area contributed by atoms with Crippen LogP contribution in [0.15, 0.2) is 18.2 Å². The second kappa shape index (κ2) is 7.66. The number of benzene rings is 1. The third-order valence-electron chi connectivity index (χ3n) is 4.25. The molecule has 0 aliphatic carbocycles. The first-order valence-electron chi connectivity index (χ1n) is 7.70. The Morgan fingerprint density at radius 2 is 2.05 bits per heavy atom. The molecule has 0 aromatic heterocycles. The van der Waals surface area contributed by atoms with Crippen molar-refractivity contribution in [1.82, 2.24) is 5.32 Å². The van der Waals surface area contributed by atoms with Gasteiger partial charge in [-0.05, 0) is 50.3 Å². The molecule has 1 aliphatic rings. The van der Waals surface area contributed by atoms with E-state index in [-0.39, 0.29) is 0 Å². The number of methoxy groups -OCH3 is 2. The first kappa shape index (κ1) is 16.1. The number of ether oxygens (including phenoxy) is 3. The van der Waals surface area contributed by atoms with Crippen molar-refractivity contribution in [3.05, 3.63) is 23.8 Å². The van der Waals surface area contributed by atoms with E-state index in [4.69, 9.17) is 14.2 Å². The summed E-state index contributed by atoms with van der Waals surface area (Å²) < 4.78 is 16.2. The van der Waals surface area contributed by atoms with Gasteiger partial charge in [-0.15, -0.1) is 0 Å². The molecule has 21 heavy (non-hydrogen) atoms. The first-order chi connectivity index (χ1) is 10.1. The van der Waals surface area contributed by atoms with Crippen molar-refractivity contribution in [2.24, 2.45) is 5.92 Å². The zero-order chi connectivity index (χ0) is 15.2. The minimum absolute atomic E-state index is 0.380. The molecular formula is C17H27NO3. The maximum Gasteiger partial charge on any atom is 0.160 e. The molecule has 2 rings (SSSR count). The van der Waals surface area contributed by atoms with Gasteiger partial charge in [-0.3, -0.25) is 0 Å². The minimum atomic E-state index is 0.380. The van der Waals surface area contributed by atoms with Gasteiger partial charge < -0.3 is 19.5 Å². The fourth-order valence-corrected chi connectivity index (χ4v) is 2.83. The lowest BCUT2D eigenvalue weighted by molar-refractivity contribution is 0.105. The van der Waals surface area contributed by atoms with Crippen molar-refractivity contribution in [1.29, 1.82) is 0 Å². The van der Waals surface area contributed by atoms with Crippen LogP contribution in [-0.4, -0.2) is 39.5 Å². The average Bonchev–Trinajstić information content (AvgIpc) is 2.90. The van der Waals surface area contributed by atoms with Crippen LogP contribution in [-0.2, 0) is 11.2 Å². The molecule has 4 nitrogen and oxygen atoms in total. The normalized spacial score (nSPS) is 23.0. The third kappa shape index (κ3) is 4.35. The van der Waals surface area contributed by atoms with E-state index in [1.54, 1.807) is 14.2 Å². The molecule has 0 saturated carbocycles. The van der Waals surface area contributed by atoms with Crippen LogP contribution in [0.2, 0.25) is 0 Å². The lowest BCUT2D eigenvalue weighted by Crippen LogP contribution is -2.34. The van der Waals surface area contributed by atoms with Crippen molar-refractivity contribution in [2.45, 2.75) is 38.8 Å². The van der Waals surface area contributed by atoms with Gasteiger partial charge in [0.15, 0.2) is 11.5 Å². The summed E-state index contributed by atoms with van der Waals surface area (Å²) in [5.41, 5.74) is 1.25. The molecule has 1 aromatic carbocycles. The molecule has 3 unspecified atom stereocenters. The van der Waals surface area contributed by atoms with Crippen molar-refractivity contribution in [3.63, 3.8) is 0 Å². The molecule has 1 N–H and O–H groups in total. The fraction of sp³-hybridized carbons (Fsp3) is 0.647. The van der Waals surface area contributed by atoms with Gasteiger partial charge in [-0.1, -0.05) is 6.07 Å². The van der Waals surface area contributed by atoms with E-state index in [9.17, 15) is 0 Å². The molecule has 118 valence electrons. The van der Waals surface area contributed by atoms with Gasteiger partial charge in [-0.25, -0.2) is 0 Å². The van der Waals surface area contributed by atoms with E-state index in [1.807, 2.05) is 6.07 Å². The van der Waals surface area contributed by atoms with E-state index in [2.05, 4.69) is 31.3 Å². The molecule has 1 aliphatic heterocycles. The number of hydrogen-bond acceptors (Lipinski definition) is 4. The highest BCUT2D eigenvalue weighted by molar-refractivity contribution is 5.43. The lowest BCUT2D eigenvalue weighted by atomic mass is 10.0. The Morgan fingerprint density at radius 1 is 1.29 bits per heavy atom. The van der Waals surface area contributed by atoms with Gasteiger partial charge in [0.05, 0.1) is 20.3 Å². The molecule has 0 bridgehead atoms. The van der Waals surface area contributed by atoms with E-state index in [0.717, 1.165) is 37.5 Å². The average molecular weight is 293 g/mol. The fourth-order valence-electron chi connectivity index (χ4n) is 2.83. The number of rotatable bonds is 7. The molecule has 0 amide bonds. The summed E-state index contributed by atoms with van der Waals surface area (Å²) in [6.45, 7) is 6.31. The van der Waals surface area contributed by atoms with Crippen molar-refractivity contribution in [2.75, 3.05) is 27.4 Å². The summed E-state index contributed by atoms with van der Waals surface area (Å²) in [6, 6.07) is 6.54. The van der Waals surface area contributed by atoms with Crippen LogP contribution in [0.1, 0.15) is 25.8 Å². The monoisotopic (exact) mass is 293 g/mol. The zero-order valence-electron chi connectivity index (χ0n) is 13.5. The maximum absolute atomic E-state index is 5.60. The standard InChI is InChI=1S/C17H27NO3/c1-12(18-11-15-7-8-21-13(15)2)9-14-5-6-16(19-3)17(10-14)20-4/h5-6,10,12-13,15,18H,7-9,11H2,1-4H3. The van der Waals surface area contributed by atoms with Gasteiger partial charge in [0.2, 0.25) is 0 Å². The molecule has 1 aromatic rings. The Bertz CT molecular complexity index is 450. The minimum Gasteiger partial charge on any atom is -0.493 e. The highest BCUT2D eigenvalue weighted by Crippen LogP contribution is 2.28. The molecular weight excluding hydrogens is 266 g/mol. The van der Waals surface area contributed by atoms with Crippen molar-refractivity contribution >= 4 is 0 Å². The predicted molar refractivity (Wildman–Crippen MR) is 84.2 cm³/mol. The molecule has 1 saturated heterocycles. The third-order valence-corrected chi connectivity index (χ3v) is 4.25. The van der Waals surface area contributed by atoms with Crippen LogP contribution in [0.25, 0.3) is 0 Å². The SMILES string of the molecule is COc1ccc(CC(C)NCC2CCOC2C)cc1OC. The van der Waals surface area contributed by atoms with Crippen LogP contribution in [0.5, 0.6) is 11.5 Å². The summed E-state index contributed by atoms with van der Waals surface area (Å²) in [4.78, 5) is 0. The summed E-state index contributed by atoms with van der Waals surface area (Å²) in [5, 5.41) is 3.62. The largest absolute Gasteiger partial charge is 0.493 e. The molecule has 1 heterocycles. The molecule has 0 radical (unpaired) electrons. The summed E-state index contributed by atoms with van der Waals surface area (Å²) in [6.07, 6.45) is 2.52. The first-order valence-corrected chi connectivity index (χ1v) is 7.70. The maximum atomic E-state index is 5.60. The highest BCUT2D eigenvalue weighted by Gasteiger charge is 2.24. The van der Waals surface area contributed by atoms with Crippen LogP contribution < -0.4 is 14.8 Å². The van der Waals surface area contributed by atoms with Crippen LogP contribution in [0.3, 0.4) is 0 Å². The topological polar surface area (TPSA) is 39.7 Å². The lowest BCUT2D eigenvalue weighted by Gasteiger charge is -2.19. The number of nitrogens with one attached hydrogen (secondary N) is 1. The Labute approximate surface area is 127 Å². The highest BCUT2D eigenvalue weighted by atomic mass is 16.5. The second-order valence-corrected chi connectivity index (χ2v) is 5.83. The summed E-state index contributed by atoms with van der Waals surface area (Å²) in [5.74, 6) is 2.21. The van der Waals surface area contributed by atoms with Gasteiger partial charge in [-0.2, -0.15) is 0 Å². The molecule has 1 fully saturated rings. The van der Waals surface area contributed by atoms with Gasteiger partial charge in [0, 0.05) is 19.2 Å². The Hall–Kier alpha value is -1.26. The summed E-state index contributed by atoms with van der Waals surface area (Å²) in [7, 11) is 3.33. The molecule has 0 spiro atoms. The van der Waals surface area contributed by atoms with Crippen molar-refractivity contribution < 1.29 is 14.2 Å². The van der Waals surface area contributed by atoms with Crippen LogP contribution in [0, 0.1) is 5.92 Å². The Balaban J connectivity index is 1.85. The Kier molecular flexibility index (Phi) is 5.88. The van der Waals surface area contributed by atoms with Gasteiger partial charge in [0.1, 0.15) is 0 Å². The van der Waals surface area contributed by atoms with E-state index in [0.29, 0.717) is 18.1 Å². The van der Waals surface area contributed by atoms with Gasteiger partial charge in [0.25, 0.3) is 0 Å². The Morgan fingerprint density at radius 3 is 2.67 bits per heavy atom. The van der Waals surface area contributed by atoms with E-state index in [1.165, 1.54) is 5.56 Å². The van der Waals surface area contributed by atoms with Crippen LogP contribution >= 0.6 is 0 Å². The number of hydrogen-bond donors (Lipinski definition) is 1. The second-order valence-electron chi connectivity index (χ2n) is 5.83. The smallest absolute Gasteiger partial charge is 0.160 e. The zero-order valence-corrected chi connectivity index (χ0v) is 13.5. The van der Waals surface area contributed by atoms with Crippen molar-refractivity contribution in [3.8, 4) is 11.5 Å².